The third-order valence-corrected chi connectivity index (χ3v) is 3.97. The largest absolute Gasteiger partial charge is 0.326 e. The zero-order valence-corrected chi connectivity index (χ0v) is 12.0. The van der Waals surface area contributed by atoms with Crippen LogP contribution in [-0.2, 0) is 11.3 Å². The maximum absolute atomic E-state index is 10.9. The molecule has 0 aromatic heterocycles. The number of hydrogen-bond acceptors (Lipinski definition) is 2. The predicted octanol–water partition coefficient (Wildman–Crippen LogP) is 3.31. The van der Waals surface area contributed by atoms with Gasteiger partial charge in [0.05, 0.1) is 0 Å². The van der Waals surface area contributed by atoms with Gasteiger partial charge in [-0.15, -0.1) is 0 Å². The molecule has 1 fully saturated rings. The topological polar surface area (TPSA) is 41.1 Å². The fourth-order valence-electron chi connectivity index (χ4n) is 2.82. The van der Waals surface area contributed by atoms with E-state index in [1.807, 2.05) is 12.1 Å². The normalized spacial score (nSPS) is 17.4. The van der Waals surface area contributed by atoms with Gasteiger partial charge in [0.2, 0.25) is 5.91 Å². The fourth-order valence-corrected chi connectivity index (χ4v) is 2.82. The summed E-state index contributed by atoms with van der Waals surface area (Å²) < 4.78 is 0. The summed E-state index contributed by atoms with van der Waals surface area (Å²) >= 11 is 0. The Bertz CT molecular complexity index is 419. The Kier molecular flexibility index (Phi) is 4.59. The van der Waals surface area contributed by atoms with E-state index in [0.717, 1.165) is 18.8 Å². The number of anilines is 1. The van der Waals surface area contributed by atoms with Gasteiger partial charge in [0.1, 0.15) is 0 Å². The molecular formula is C16H24N2O. The average molecular weight is 260 g/mol. The Hall–Kier alpha value is -1.35. The van der Waals surface area contributed by atoms with Crippen molar-refractivity contribution >= 4 is 11.6 Å². The number of amides is 1. The van der Waals surface area contributed by atoms with E-state index in [1.54, 1.807) is 0 Å². The summed E-state index contributed by atoms with van der Waals surface area (Å²) in [4.78, 5) is 10.9. The van der Waals surface area contributed by atoms with Crippen LogP contribution >= 0.6 is 0 Å². The lowest BCUT2D eigenvalue weighted by atomic mass is 9.89. The van der Waals surface area contributed by atoms with Crippen molar-refractivity contribution in [1.82, 2.24) is 5.32 Å². The zero-order chi connectivity index (χ0) is 13.7. The van der Waals surface area contributed by atoms with Gasteiger partial charge in [-0.05, 0) is 36.0 Å². The van der Waals surface area contributed by atoms with E-state index in [9.17, 15) is 4.79 Å². The van der Waals surface area contributed by atoms with Crippen molar-refractivity contribution in [3.8, 4) is 0 Å². The van der Waals surface area contributed by atoms with Crippen molar-refractivity contribution in [1.29, 1.82) is 0 Å². The minimum atomic E-state index is -0.0277. The molecule has 1 aromatic rings. The van der Waals surface area contributed by atoms with Gasteiger partial charge in [0.15, 0.2) is 0 Å². The summed E-state index contributed by atoms with van der Waals surface area (Å²) in [6.45, 7) is 5.90. The molecule has 1 aliphatic carbocycles. The second-order valence-corrected chi connectivity index (χ2v) is 6.00. The maximum atomic E-state index is 10.9. The van der Waals surface area contributed by atoms with Crippen LogP contribution in [0.15, 0.2) is 24.3 Å². The lowest BCUT2D eigenvalue weighted by molar-refractivity contribution is -0.114. The minimum Gasteiger partial charge on any atom is -0.326 e. The molecule has 2 N–H and O–H groups in total. The van der Waals surface area contributed by atoms with Gasteiger partial charge in [-0.25, -0.2) is 0 Å². The Morgan fingerprint density at radius 1 is 1.21 bits per heavy atom. The predicted molar refractivity (Wildman–Crippen MR) is 79.0 cm³/mol. The van der Waals surface area contributed by atoms with Gasteiger partial charge < -0.3 is 10.6 Å². The van der Waals surface area contributed by atoms with Crippen LogP contribution < -0.4 is 10.6 Å². The SMILES string of the molecule is CC(=O)Nc1ccc(CNCC2(C)CCCC2)cc1. The Morgan fingerprint density at radius 2 is 1.84 bits per heavy atom. The molecule has 104 valence electrons. The smallest absolute Gasteiger partial charge is 0.221 e. The molecule has 0 heterocycles. The van der Waals surface area contributed by atoms with Crippen molar-refractivity contribution in [2.45, 2.75) is 46.1 Å². The van der Waals surface area contributed by atoms with E-state index >= 15 is 0 Å². The molecule has 1 amide bonds. The molecule has 0 bridgehead atoms. The maximum Gasteiger partial charge on any atom is 0.221 e. The third-order valence-electron chi connectivity index (χ3n) is 3.97. The molecule has 2 rings (SSSR count). The van der Waals surface area contributed by atoms with E-state index in [2.05, 4.69) is 29.7 Å². The summed E-state index contributed by atoms with van der Waals surface area (Å²) in [6, 6.07) is 8.04. The van der Waals surface area contributed by atoms with Gasteiger partial charge in [-0.1, -0.05) is 31.9 Å². The van der Waals surface area contributed by atoms with Crippen LogP contribution in [0.25, 0.3) is 0 Å². The highest BCUT2D eigenvalue weighted by molar-refractivity contribution is 5.88. The molecule has 0 aliphatic heterocycles. The highest BCUT2D eigenvalue weighted by Gasteiger charge is 2.27. The number of benzene rings is 1. The summed E-state index contributed by atoms with van der Waals surface area (Å²) in [7, 11) is 0. The summed E-state index contributed by atoms with van der Waals surface area (Å²) in [5.41, 5.74) is 2.62. The van der Waals surface area contributed by atoms with E-state index < -0.39 is 0 Å². The molecule has 1 saturated carbocycles. The first kappa shape index (κ1) is 14.1. The van der Waals surface area contributed by atoms with Crippen LogP contribution in [0, 0.1) is 5.41 Å². The first-order chi connectivity index (χ1) is 9.07. The Labute approximate surface area is 115 Å². The molecular weight excluding hydrogens is 236 g/mol. The van der Waals surface area contributed by atoms with Crippen LogP contribution in [0.3, 0.4) is 0 Å². The zero-order valence-electron chi connectivity index (χ0n) is 12.0. The summed E-state index contributed by atoms with van der Waals surface area (Å²) in [5.74, 6) is -0.0277. The molecule has 0 saturated heterocycles. The highest BCUT2D eigenvalue weighted by Crippen LogP contribution is 2.36. The Morgan fingerprint density at radius 3 is 2.42 bits per heavy atom. The van der Waals surface area contributed by atoms with Gasteiger partial charge in [0, 0.05) is 25.7 Å². The molecule has 0 atom stereocenters. The molecule has 0 spiro atoms. The van der Waals surface area contributed by atoms with Crippen LogP contribution in [-0.4, -0.2) is 12.5 Å². The average Bonchev–Trinajstić information content (AvgIpc) is 2.78. The lowest BCUT2D eigenvalue weighted by Gasteiger charge is -2.23. The lowest BCUT2D eigenvalue weighted by Crippen LogP contribution is -2.29. The van der Waals surface area contributed by atoms with Crippen LogP contribution in [0.5, 0.6) is 0 Å². The van der Waals surface area contributed by atoms with Crippen molar-refractivity contribution in [3.05, 3.63) is 29.8 Å². The first-order valence-corrected chi connectivity index (χ1v) is 7.15. The molecule has 0 unspecified atom stereocenters. The van der Waals surface area contributed by atoms with Crippen molar-refractivity contribution in [2.75, 3.05) is 11.9 Å². The standard InChI is InChI=1S/C16H24N2O/c1-13(19)18-15-7-5-14(6-8-15)11-17-12-16(2)9-3-4-10-16/h5-8,17H,3-4,9-12H2,1-2H3,(H,18,19). The van der Waals surface area contributed by atoms with E-state index in [0.29, 0.717) is 5.41 Å². The number of hydrogen-bond donors (Lipinski definition) is 2. The van der Waals surface area contributed by atoms with E-state index in [-0.39, 0.29) is 5.91 Å². The monoisotopic (exact) mass is 260 g/mol. The second-order valence-electron chi connectivity index (χ2n) is 6.00. The van der Waals surface area contributed by atoms with Crippen LogP contribution in [0.2, 0.25) is 0 Å². The molecule has 3 nitrogen and oxygen atoms in total. The van der Waals surface area contributed by atoms with Crippen molar-refractivity contribution < 1.29 is 4.79 Å². The highest BCUT2D eigenvalue weighted by atomic mass is 16.1. The van der Waals surface area contributed by atoms with Crippen molar-refractivity contribution in [2.24, 2.45) is 5.41 Å². The van der Waals surface area contributed by atoms with Gasteiger partial charge in [-0.3, -0.25) is 4.79 Å². The fraction of sp³-hybridized carbons (Fsp3) is 0.562. The first-order valence-electron chi connectivity index (χ1n) is 7.15. The summed E-state index contributed by atoms with van der Waals surface area (Å²) in [5, 5.41) is 6.34. The van der Waals surface area contributed by atoms with Crippen LogP contribution in [0.1, 0.15) is 45.1 Å². The number of rotatable bonds is 5. The van der Waals surface area contributed by atoms with Gasteiger partial charge in [0.25, 0.3) is 0 Å². The van der Waals surface area contributed by atoms with Crippen molar-refractivity contribution in [3.63, 3.8) is 0 Å². The molecule has 1 aromatic carbocycles. The van der Waals surface area contributed by atoms with Crippen LogP contribution in [0.4, 0.5) is 5.69 Å². The molecule has 3 heteroatoms. The number of nitrogens with one attached hydrogen (secondary N) is 2. The molecule has 0 radical (unpaired) electrons. The number of carbonyl (C=O) groups excluding carboxylic acids is 1. The molecule has 19 heavy (non-hydrogen) atoms. The quantitative estimate of drug-likeness (QED) is 0.852. The minimum absolute atomic E-state index is 0.0277. The van der Waals surface area contributed by atoms with Gasteiger partial charge in [-0.2, -0.15) is 0 Å². The van der Waals surface area contributed by atoms with E-state index in [1.165, 1.54) is 38.2 Å². The molecule has 1 aliphatic rings. The summed E-state index contributed by atoms with van der Waals surface area (Å²) in [6.07, 6.45) is 5.45. The Balaban J connectivity index is 1.78. The second kappa shape index (κ2) is 6.20. The van der Waals surface area contributed by atoms with Gasteiger partial charge >= 0.3 is 0 Å². The number of carbonyl (C=O) groups is 1. The van der Waals surface area contributed by atoms with E-state index in [4.69, 9.17) is 0 Å². The third kappa shape index (κ3) is 4.35.